The molecule has 0 atom stereocenters. The summed E-state index contributed by atoms with van der Waals surface area (Å²) in [6.07, 6.45) is 3.44. The molecule has 0 spiro atoms. The van der Waals surface area contributed by atoms with Gasteiger partial charge in [0.2, 0.25) is 0 Å². The Bertz CT molecular complexity index is 895. The predicted octanol–water partition coefficient (Wildman–Crippen LogP) is 4.41. The van der Waals surface area contributed by atoms with Crippen LogP contribution in [0.2, 0.25) is 0 Å². The van der Waals surface area contributed by atoms with Gasteiger partial charge in [0, 0.05) is 30.9 Å². The average molecular weight is 344 g/mol. The van der Waals surface area contributed by atoms with E-state index in [1.165, 1.54) is 37.2 Å². The second kappa shape index (κ2) is 7.61. The van der Waals surface area contributed by atoms with Crippen molar-refractivity contribution in [3.05, 3.63) is 77.9 Å². The van der Waals surface area contributed by atoms with Crippen LogP contribution in [0.15, 0.2) is 66.7 Å². The zero-order valence-corrected chi connectivity index (χ0v) is 14.9. The van der Waals surface area contributed by atoms with Crippen LogP contribution in [0.1, 0.15) is 28.8 Å². The van der Waals surface area contributed by atoms with E-state index in [-0.39, 0.29) is 5.91 Å². The summed E-state index contributed by atoms with van der Waals surface area (Å²) in [7, 11) is 0. The minimum atomic E-state index is -0.00978. The van der Waals surface area contributed by atoms with Crippen molar-refractivity contribution in [2.45, 2.75) is 19.3 Å². The lowest BCUT2D eigenvalue weighted by Crippen LogP contribution is -2.25. The van der Waals surface area contributed by atoms with Crippen molar-refractivity contribution in [2.75, 3.05) is 24.5 Å². The van der Waals surface area contributed by atoms with E-state index in [1.54, 1.807) is 0 Å². The number of rotatable bonds is 5. The second-order valence-corrected chi connectivity index (χ2v) is 6.93. The van der Waals surface area contributed by atoms with Gasteiger partial charge in [0.05, 0.1) is 0 Å². The van der Waals surface area contributed by atoms with Crippen molar-refractivity contribution in [3.63, 3.8) is 0 Å². The van der Waals surface area contributed by atoms with Crippen LogP contribution in [0.4, 0.5) is 5.69 Å². The number of nitrogens with one attached hydrogen (secondary N) is 1. The standard InChI is InChI=1S/C23H24N2O/c26-23(21-10-9-19-5-1-2-6-20(19)17-21)24-14-13-18-7-11-22(12-8-18)25-15-3-4-16-25/h1-2,5-12,17H,3-4,13-16H2,(H,24,26). The summed E-state index contributed by atoms with van der Waals surface area (Å²) in [5, 5.41) is 5.28. The highest BCUT2D eigenvalue weighted by molar-refractivity contribution is 5.98. The van der Waals surface area contributed by atoms with Crippen molar-refractivity contribution in [1.82, 2.24) is 5.32 Å². The third kappa shape index (κ3) is 3.72. The van der Waals surface area contributed by atoms with E-state index >= 15 is 0 Å². The number of hydrogen-bond donors (Lipinski definition) is 1. The van der Waals surface area contributed by atoms with Gasteiger partial charge in [0.25, 0.3) is 5.91 Å². The van der Waals surface area contributed by atoms with E-state index in [4.69, 9.17) is 0 Å². The molecule has 1 saturated heterocycles. The number of carbonyl (C=O) groups is 1. The van der Waals surface area contributed by atoms with Crippen molar-refractivity contribution in [3.8, 4) is 0 Å². The van der Waals surface area contributed by atoms with Crippen molar-refractivity contribution >= 4 is 22.4 Å². The molecular formula is C23H24N2O. The third-order valence-electron chi connectivity index (χ3n) is 5.12. The van der Waals surface area contributed by atoms with Crippen LogP contribution in [0.3, 0.4) is 0 Å². The number of hydrogen-bond acceptors (Lipinski definition) is 2. The molecule has 4 rings (SSSR count). The van der Waals surface area contributed by atoms with Gasteiger partial charge in [-0.2, -0.15) is 0 Å². The summed E-state index contributed by atoms with van der Waals surface area (Å²) in [6, 6.07) is 22.7. The normalized spacial score (nSPS) is 13.9. The van der Waals surface area contributed by atoms with Gasteiger partial charge in [-0.1, -0.05) is 42.5 Å². The van der Waals surface area contributed by atoms with Crippen molar-refractivity contribution < 1.29 is 4.79 Å². The van der Waals surface area contributed by atoms with Crippen LogP contribution in [-0.2, 0) is 6.42 Å². The predicted molar refractivity (Wildman–Crippen MR) is 108 cm³/mol. The van der Waals surface area contributed by atoms with E-state index in [1.807, 2.05) is 36.4 Å². The molecule has 1 N–H and O–H groups in total. The van der Waals surface area contributed by atoms with Crippen LogP contribution >= 0.6 is 0 Å². The van der Waals surface area contributed by atoms with Crippen LogP contribution < -0.4 is 10.2 Å². The van der Waals surface area contributed by atoms with Gasteiger partial charge in [-0.05, 0) is 59.9 Å². The summed E-state index contributed by atoms with van der Waals surface area (Å²) in [5.41, 5.74) is 3.28. The van der Waals surface area contributed by atoms with E-state index in [2.05, 4.69) is 40.5 Å². The Morgan fingerprint density at radius 2 is 1.62 bits per heavy atom. The fourth-order valence-electron chi connectivity index (χ4n) is 3.60. The summed E-state index contributed by atoms with van der Waals surface area (Å²) < 4.78 is 0. The second-order valence-electron chi connectivity index (χ2n) is 6.93. The first-order valence-electron chi connectivity index (χ1n) is 9.40. The Labute approximate surface area is 154 Å². The Kier molecular flexibility index (Phi) is 4.87. The van der Waals surface area contributed by atoms with Crippen molar-refractivity contribution in [1.29, 1.82) is 0 Å². The van der Waals surface area contributed by atoms with E-state index in [0.29, 0.717) is 12.1 Å². The number of nitrogens with zero attached hydrogens (tertiary/aromatic N) is 1. The topological polar surface area (TPSA) is 32.3 Å². The highest BCUT2D eigenvalue weighted by Gasteiger charge is 2.11. The SMILES string of the molecule is O=C(NCCc1ccc(N2CCCC2)cc1)c1ccc2ccccc2c1. The fraction of sp³-hybridized carbons (Fsp3) is 0.261. The molecule has 1 aliphatic rings. The van der Waals surface area contributed by atoms with Crippen LogP contribution in [-0.4, -0.2) is 25.5 Å². The third-order valence-corrected chi connectivity index (χ3v) is 5.12. The maximum absolute atomic E-state index is 12.4. The number of carbonyl (C=O) groups excluding carboxylic acids is 1. The summed E-state index contributed by atoms with van der Waals surface area (Å²) >= 11 is 0. The lowest BCUT2D eigenvalue weighted by molar-refractivity contribution is 0.0954. The molecule has 3 nitrogen and oxygen atoms in total. The summed E-state index contributed by atoms with van der Waals surface area (Å²) in [5.74, 6) is -0.00978. The minimum absolute atomic E-state index is 0.00978. The number of amides is 1. The largest absolute Gasteiger partial charge is 0.372 e. The molecule has 3 heteroatoms. The van der Waals surface area contributed by atoms with Crippen LogP contribution in [0.25, 0.3) is 10.8 Å². The van der Waals surface area contributed by atoms with Gasteiger partial charge in [0.1, 0.15) is 0 Å². The Morgan fingerprint density at radius 3 is 2.38 bits per heavy atom. The highest BCUT2D eigenvalue weighted by Crippen LogP contribution is 2.20. The van der Waals surface area contributed by atoms with Crippen LogP contribution in [0.5, 0.6) is 0 Å². The first kappa shape index (κ1) is 16.6. The molecule has 0 aliphatic carbocycles. The average Bonchev–Trinajstić information content (AvgIpc) is 3.23. The molecule has 1 amide bonds. The van der Waals surface area contributed by atoms with Gasteiger partial charge < -0.3 is 10.2 Å². The molecule has 1 heterocycles. The van der Waals surface area contributed by atoms with Gasteiger partial charge in [-0.15, -0.1) is 0 Å². The smallest absolute Gasteiger partial charge is 0.251 e. The quantitative estimate of drug-likeness (QED) is 0.743. The molecular weight excluding hydrogens is 320 g/mol. The first-order chi connectivity index (χ1) is 12.8. The molecule has 0 radical (unpaired) electrons. The zero-order chi connectivity index (χ0) is 17.8. The van der Waals surface area contributed by atoms with E-state index in [9.17, 15) is 4.79 Å². The molecule has 0 bridgehead atoms. The molecule has 26 heavy (non-hydrogen) atoms. The molecule has 1 aliphatic heterocycles. The number of anilines is 1. The highest BCUT2D eigenvalue weighted by atomic mass is 16.1. The number of fused-ring (bicyclic) bond motifs is 1. The molecule has 0 aromatic heterocycles. The molecule has 1 fully saturated rings. The Morgan fingerprint density at radius 1 is 0.885 bits per heavy atom. The molecule has 132 valence electrons. The maximum Gasteiger partial charge on any atom is 0.251 e. The first-order valence-corrected chi connectivity index (χ1v) is 9.40. The molecule has 3 aromatic carbocycles. The number of benzene rings is 3. The molecule has 0 unspecified atom stereocenters. The summed E-state index contributed by atoms with van der Waals surface area (Å²) in [4.78, 5) is 14.8. The monoisotopic (exact) mass is 344 g/mol. The van der Waals surface area contributed by atoms with E-state index < -0.39 is 0 Å². The minimum Gasteiger partial charge on any atom is -0.372 e. The molecule has 0 saturated carbocycles. The lowest BCUT2D eigenvalue weighted by Gasteiger charge is -2.17. The zero-order valence-electron chi connectivity index (χ0n) is 14.9. The maximum atomic E-state index is 12.4. The van der Waals surface area contributed by atoms with Crippen molar-refractivity contribution in [2.24, 2.45) is 0 Å². The lowest BCUT2D eigenvalue weighted by atomic mass is 10.1. The van der Waals surface area contributed by atoms with Gasteiger partial charge >= 0.3 is 0 Å². The Hall–Kier alpha value is -2.81. The van der Waals surface area contributed by atoms with E-state index in [0.717, 1.165) is 17.2 Å². The van der Waals surface area contributed by atoms with Crippen LogP contribution in [0, 0.1) is 0 Å². The molecule has 3 aromatic rings. The fourth-order valence-corrected chi connectivity index (χ4v) is 3.60. The van der Waals surface area contributed by atoms with Gasteiger partial charge in [0.15, 0.2) is 0 Å². The summed E-state index contributed by atoms with van der Waals surface area (Å²) in [6.45, 7) is 2.98. The van der Waals surface area contributed by atoms with Gasteiger partial charge in [-0.3, -0.25) is 4.79 Å². The Balaban J connectivity index is 1.32. The van der Waals surface area contributed by atoms with Gasteiger partial charge in [-0.25, -0.2) is 0 Å².